The Hall–Kier alpha value is -3.63. The van der Waals surface area contributed by atoms with Crippen molar-refractivity contribution in [2.45, 2.75) is 45.1 Å². The minimum absolute atomic E-state index is 0.0000849. The molecular formula is C21H28N2O9. The van der Waals surface area contributed by atoms with E-state index in [9.17, 15) is 24.0 Å². The Morgan fingerprint density at radius 3 is 1.94 bits per heavy atom. The molecule has 0 bridgehead atoms. The molecule has 1 unspecified atom stereocenters. The molecule has 1 atom stereocenters. The number of carboxylic acids is 3. The summed E-state index contributed by atoms with van der Waals surface area (Å²) in [5.74, 6) is -6.61. The maximum Gasteiger partial charge on any atom is 0.356 e. The average Bonchev–Trinajstić information content (AvgIpc) is 2.73. The van der Waals surface area contributed by atoms with E-state index in [2.05, 4.69) is 10.6 Å². The SMILES string of the molecule is CCCCCNC(=O)C(Cc1ccc(OC(C(=O)O)C(=O)O)cc1)C(=O)NCCC(=O)O. The molecule has 0 aliphatic carbocycles. The first-order valence-electron chi connectivity index (χ1n) is 10.1. The summed E-state index contributed by atoms with van der Waals surface area (Å²) in [6, 6.07) is 5.65. The molecule has 0 heterocycles. The zero-order valence-corrected chi connectivity index (χ0v) is 17.7. The van der Waals surface area contributed by atoms with Crippen LogP contribution in [0.25, 0.3) is 0 Å². The lowest BCUT2D eigenvalue weighted by Crippen LogP contribution is -2.43. The smallest absolute Gasteiger partial charge is 0.356 e. The lowest BCUT2D eigenvalue weighted by molar-refractivity contribution is -0.159. The Balaban J connectivity index is 2.86. The van der Waals surface area contributed by atoms with Gasteiger partial charge < -0.3 is 30.7 Å². The summed E-state index contributed by atoms with van der Waals surface area (Å²) >= 11 is 0. The van der Waals surface area contributed by atoms with Crippen molar-refractivity contribution in [3.63, 3.8) is 0 Å². The van der Waals surface area contributed by atoms with Crippen molar-refractivity contribution in [3.8, 4) is 5.75 Å². The van der Waals surface area contributed by atoms with E-state index in [1.165, 1.54) is 24.3 Å². The van der Waals surface area contributed by atoms with Crippen LogP contribution in [0.15, 0.2) is 24.3 Å². The van der Waals surface area contributed by atoms with Gasteiger partial charge in [0.2, 0.25) is 11.8 Å². The fourth-order valence-corrected chi connectivity index (χ4v) is 2.71. The first kappa shape index (κ1) is 26.4. The fourth-order valence-electron chi connectivity index (χ4n) is 2.71. The van der Waals surface area contributed by atoms with Gasteiger partial charge in [-0.15, -0.1) is 0 Å². The third-order valence-corrected chi connectivity index (χ3v) is 4.42. The van der Waals surface area contributed by atoms with Crippen LogP contribution in [0.5, 0.6) is 5.75 Å². The highest BCUT2D eigenvalue weighted by atomic mass is 16.5. The molecule has 1 aromatic carbocycles. The number of ether oxygens (including phenoxy) is 1. The normalized spacial score (nSPS) is 11.4. The van der Waals surface area contributed by atoms with Gasteiger partial charge in [-0.1, -0.05) is 31.9 Å². The summed E-state index contributed by atoms with van der Waals surface area (Å²) in [5.41, 5.74) is 0.543. The third kappa shape index (κ3) is 9.45. The predicted molar refractivity (Wildman–Crippen MR) is 111 cm³/mol. The van der Waals surface area contributed by atoms with Gasteiger partial charge in [0, 0.05) is 13.1 Å². The lowest BCUT2D eigenvalue weighted by atomic mass is 9.97. The number of rotatable bonds is 15. The van der Waals surface area contributed by atoms with Gasteiger partial charge in [-0.25, -0.2) is 9.59 Å². The molecule has 0 aliphatic rings. The molecule has 0 saturated heterocycles. The number of amides is 2. The van der Waals surface area contributed by atoms with Crippen molar-refractivity contribution in [1.82, 2.24) is 10.6 Å². The first-order chi connectivity index (χ1) is 15.1. The zero-order chi connectivity index (χ0) is 24.1. The quantitative estimate of drug-likeness (QED) is 0.189. The van der Waals surface area contributed by atoms with Crippen LogP contribution in [0.2, 0.25) is 0 Å². The topological polar surface area (TPSA) is 179 Å². The predicted octanol–water partition coefficient (Wildman–Crippen LogP) is 0.659. The Morgan fingerprint density at radius 1 is 0.875 bits per heavy atom. The number of hydrogen-bond donors (Lipinski definition) is 5. The van der Waals surface area contributed by atoms with Crippen LogP contribution in [0.3, 0.4) is 0 Å². The summed E-state index contributed by atoms with van der Waals surface area (Å²) < 4.78 is 4.93. The summed E-state index contributed by atoms with van der Waals surface area (Å²) in [6.45, 7) is 2.31. The van der Waals surface area contributed by atoms with E-state index in [1.54, 1.807) is 0 Å². The van der Waals surface area contributed by atoms with Crippen molar-refractivity contribution in [2.75, 3.05) is 13.1 Å². The molecule has 176 valence electrons. The van der Waals surface area contributed by atoms with Gasteiger partial charge in [0.1, 0.15) is 11.7 Å². The van der Waals surface area contributed by atoms with E-state index in [-0.39, 0.29) is 25.1 Å². The molecule has 1 aromatic rings. The number of carboxylic acid groups (broad SMARTS) is 3. The van der Waals surface area contributed by atoms with Crippen LogP contribution in [-0.2, 0) is 30.4 Å². The summed E-state index contributed by atoms with van der Waals surface area (Å²) in [6.07, 6.45) is 0.300. The number of hydrogen-bond acceptors (Lipinski definition) is 6. The fraction of sp³-hybridized carbons (Fsp3) is 0.476. The van der Waals surface area contributed by atoms with Crippen LogP contribution in [-0.4, -0.2) is 64.2 Å². The van der Waals surface area contributed by atoms with E-state index in [4.69, 9.17) is 20.1 Å². The summed E-state index contributed by atoms with van der Waals surface area (Å²) in [5, 5.41) is 31.6. The van der Waals surface area contributed by atoms with Gasteiger partial charge in [0.05, 0.1) is 6.42 Å². The molecular weight excluding hydrogens is 424 g/mol. The summed E-state index contributed by atoms with van der Waals surface area (Å²) in [4.78, 5) is 57.6. The van der Waals surface area contributed by atoms with E-state index in [0.29, 0.717) is 12.1 Å². The Morgan fingerprint density at radius 2 is 1.44 bits per heavy atom. The molecule has 32 heavy (non-hydrogen) atoms. The third-order valence-electron chi connectivity index (χ3n) is 4.42. The maximum atomic E-state index is 12.6. The largest absolute Gasteiger partial charge is 0.481 e. The molecule has 1 rings (SSSR count). The van der Waals surface area contributed by atoms with E-state index < -0.39 is 41.7 Å². The minimum atomic E-state index is -2.07. The van der Waals surface area contributed by atoms with Crippen LogP contribution in [0.1, 0.15) is 38.2 Å². The highest BCUT2D eigenvalue weighted by Crippen LogP contribution is 2.17. The Labute approximate surface area is 184 Å². The number of nitrogens with one attached hydrogen (secondary N) is 2. The van der Waals surface area contributed by atoms with Gasteiger partial charge >= 0.3 is 17.9 Å². The van der Waals surface area contributed by atoms with Gasteiger partial charge in [-0.3, -0.25) is 14.4 Å². The van der Waals surface area contributed by atoms with Crippen molar-refractivity contribution in [1.29, 1.82) is 0 Å². The number of carbonyl (C=O) groups is 5. The molecule has 2 amide bonds. The second kappa shape index (κ2) is 13.6. The number of aliphatic carboxylic acids is 3. The molecule has 5 N–H and O–H groups in total. The molecule has 11 nitrogen and oxygen atoms in total. The molecule has 0 saturated carbocycles. The van der Waals surface area contributed by atoms with Crippen molar-refractivity contribution >= 4 is 29.7 Å². The minimum Gasteiger partial charge on any atom is -0.481 e. The van der Waals surface area contributed by atoms with Crippen molar-refractivity contribution < 1.29 is 44.0 Å². The number of benzene rings is 1. The van der Waals surface area contributed by atoms with Gasteiger partial charge in [0.25, 0.3) is 6.10 Å². The standard InChI is InChI=1S/C21H28N2O9/c1-2-3-4-10-22-18(26)15(19(27)23-11-9-16(24)25)12-13-5-7-14(8-6-13)32-17(20(28)29)21(30)31/h5-8,15,17H,2-4,9-12H2,1H3,(H,22,26)(H,23,27)(H,24,25)(H,28,29)(H,30,31). The van der Waals surface area contributed by atoms with Gasteiger partial charge in [-0.05, 0) is 30.5 Å². The van der Waals surface area contributed by atoms with E-state index >= 15 is 0 Å². The molecule has 0 aromatic heterocycles. The number of unbranched alkanes of at least 4 members (excludes halogenated alkanes) is 2. The van der Waals surface area contributed by atoms with Crippen LogP contribution in [0, 0.1) is 5.92 Å². The molecule has 0 fully saturated rings. The molecule has 0 radical (unpaired) electrons. The summed E-state index contributed by atoms with van der Waals surface area (Å²) in [7, 11) is 0. The maximum absolute atomic E-state index is 12.6. The average molecular weight is 452 g/mol. The van der Waals surface area contributed by atoms with Crippen LogP contribution in [0.4, 0.5) is 0 Å². The Bertz CT molecular complexity index is 794. The van der Waals surface area contributed by atoms with Crippen molar-refractivity contribution in [3.05, 3.63) is 29.8 Å². The van der Waals surface area contributed by atoms with E-state index in [1.807, 2.05) is 6.92 Å². The van der Waals surface area contributed by atoms with Gasteiger partial charge in [0.15, 0.2) is 0 Å². The molecule has 11 heteroatoms. The first-order valence-corrected chi connectivity index (χ1v) is 10.1. The van der Waals surface area contributed by atoms with Crippen molar-refractivity contribution in [2.24, 2.45) is 5.92 Å². The van der Waals surface area contributed by atoms with E-state index in [0.717, 1.165) is 19.3 Å². The molecule has 0 aliphatic heterocycles. The highest BCUT2D eigenvalue weighted by Gasteiger charge is 2.29. The second-order valence-corrected chi connectivity index (χ2v) is 7.01. The van der Waals surface area contributed by atoms with Crippen LogP contribution < -0.4 is 15.4 Å². The molecule has 0 spiro atoms. The Kier molecular flexibility index (Phi) is 11.2. The van der Waals surface area contributed by atoms with Crippen LogP contribution >= 0.6 is 0 Å². The highest BCUT2D eigenvalue weighted by molar-refractivity contribution is 6.00. The second-order valence-electron chi connectivity index (χ2n) is 7.01. The lowest BCUT2D eigenvalue weighted by Gasteiger charge is -2.17. The monoisotopic (exact) mass is 452 g/mol. The number of carbonyl (C=O) groups excluding carboxylic acids is 2. The zero-order valence-electron chi connectivity index (χ0n) is 17.7. The van der Waals surface area contributed by atoms with Gasteiger partial charge in [-0.2, -0.15) is 0 Å².